The smallest absolute Gasteiger partial charge is 0.313 e. The fraction of sp³-hybridized carbons (Fsp3) is 0.417. The molecule has 0 heterocycles. The van der Waals surface area contributed by atoms with Gasteiger partial charge in [0.25, 0.3) is 0 Å². The molecule has 0 aromatic heterocycles. The van der Waals surface area contributed by atoms with Gasteiger partial charge in [-0.25, -0.2) is 0 Å². The van der Waals surface area contributed by atoms with Gasteiger partial charge in [-0.2, -0.15) is 0 Å². The van der Waals surface area contributed by atoms with Crippen LogP contribution >= 0.6 is 11.6 Å². The van der Waals surface area contributed by atoms with Gasteiger partial charge in [0.15, 0.2) is 0 Å². The summed E-state index contributed by atoms with van der Waals surface area (Å²) < 4.78 is 5.16. The van der Waals surface area contributed by atoms with Crippen molar-refractivity contribution in [1.82, 2.24) is 0 Å². The molecule has 0 aliphatic rings. The monoisotopic (exact) mass is 241 g/mol. The fourth-order valence-corrected chi connectivity index (χ4v) is 1.13. The molecule has 0 saturated carbocycles. The van der Waals surface area contributed by atoms with Crippen LogP contribution in [-0.4, -0.2) is 12.5 Å². The fourth-order valence-electron chi connectivity index (χ4n) is 1.01. The van der Waals surface area contributed by atoms with Crippen LogP contribution in [0, 0.1) is 5.41 Å². The molecular formula is C12H16ClNO2. The van der Waals surface area contributed by atoms with E-state index < -0.39 is 5.41 Å². The third kappa shape index (κ3) is 3.51. The molecule has 0 unspecified atom stereocenters. The average molecular weight is 242 g/mol. The molecule has 0 bridgehead atoms. The standard InChI is InChI=1S/C12H16ClNO2/c1-12(2,8-14)11(15)16-7-9-3-5-10(13)6-4-9/h3-6H,7-8,14H2,1-2H3. The maximum absolute atomic E-state index is 11.6. The Bertz CT molecular complexity index is 360. The van der Waals surface area contributed by atoms with Gasteiger partial charge < -0.3 is 10.5 Å². The van der Waals surface area contributed by atoms with E-state index in [0.29, 0.717) is 5.02 Å². The van der Waals surface area contributed by atoms with Crippen LogP contribution in [0.1, 0.15) is 19.4 Å². The van der Waals surface area contributed by atoms with E-state index in [1.807, 2.05) is 12.1 Å². The molecule has 1 aromatic carbocycles. The van der Waals surface area contributed by atoms with Crippen molar-refractivity contribution in [3.63, 3.8) is 0 Å². The molecule has 2 N–H and O–H groups in total. The van der Waals surface area contributed by atoms with Crippen LogP contribution in [0.15, 0.2) is 24.3 Å². The molecular weight excluding hydrogens is 226 g/mol. The highest BCUT2D eigenvalue weighted by Gasteiger charge is 2.27. The Morgan fingerprint density at radius 2 is 1.94 bits per heavy atom. The SMILES string of the molecule is CC(C)(CN)C(=O)OCc1ccc(Cl)cc1. The number of nitrogens with two attached hydrogens (primary N) is 1. The lowest BCUT2D eigenvalue weighted by Gasteiger charge is -2.20. The predicted octanol–water partition coefficient (Wildman–Crippen LogP) is 2.37. The van der Waals surface area contributed by atoms with Crippen molar-refractivity contribution in [3.05, 3.63) is 34.9 Å². The molecule has 0 fully saturated rings. The molecule has 0 aliphatic carbocycles. The molecule has 0 atom stereocenters. The van der Waals surface area contributed by atoms with Crippen molar-refractivity contribution in [3.8, 4) is 0 Å². The number of hydrogen-bond donors (Lipinski definition) is 1. The summed E-state index contributed by atoms with van der Waals surface area (Å²) in [4.78, 5) is 11.6. The number of halogens is 1. The second-order valence-corrected chi connectivity index (χ2v) is 4.73. The van der Waals surface area contributed by atoms with E-state index in [4.69, 9.17) is 22.1 Å². The molecule has 3 nitrogen and oxygen atoms in total. The van der Waals surface area contributed by atoms with Crippen LogP contribution in [0.5, 0.6) is 0 Å². The van der Waals surface area contributed by atoms with Crippen molar-refractivity contribution in [2.45, 2.75) is 20.5 Å². The molecule has 0 spiro atoms. The molecule has 1 rings (SSSR count). The third-order valence-electron chi connectivity index (χ3n) is 2.35. The first-order chi connectivity index (χ1) is 7.45. The number of esters is 1. The zero-order valence-electron chi connectivity index (χ0n) is 9.50. The van der Waals surface area contributed by atoms with Gasteiger partial charge >= 0.3 is 5.97 Å². The van der Waals surface area contributed by atoms with Crippen LogP contribution in [0.2, 0.25) is 5.02 Å². The van der Waals surface area contributed by atoms with Crippen molar-refractivity contribution >= 4 is 17.6 Å². The van der Waals surface area contributed by atoms with Crippen LogP contribution in [0.4, 0.5) is 0 Å². The minimum Gasteiger partial charge on any atom is -0.460 e. The summed E-state index contributed by atoms with van der Waals surface area (Å²) in [6.07, 6.45) is 0. The number of benzene rings is 1. The van der Waals surface area contributed by atoms with Gasteiger partial charge in [0, 0.05) is 11.6 Å². The number of carbonyl (C=O) groups is 1. The Morgan fingerprint density at radius 1 is 1.38 bits per heavy atom. The first kappa shape index (κ1) is 13.0. The summed E-state index contributed by atoms with van der Waals surface area (Å²) in [6, 6.07) is 7.17. The zero-order valence-corrected chi connectivity index (χ0v) is 10.3. The summed E-state index contributed by atoms with van der Waals surface area (Å²) in [5.41, 5.74) is 5.75. The van der Waals surface area contributed by atoms with Gasteiger partial charge in [0.2, 0.25) is 0 Å². The number of ether oxygens (including phenoxy) is 1. The Morgan fingerprint density at radius 3 is 2.44 bits per heavy atom. The van der Waals surface area contributed by atoms with Crippen LogP contribution in [0.25, 0.3) is 0 Å². The van der Waals surface area contributed by atoms with Gasteiger partial charge in [-0.1, -0.05) is 23.7 Å². The second-order valence-electron chi connectivity index (χ2n) is 4.29. The highest BCUT2D eigenvalue weighted by Crippen LogP contribution is 2.17. The largest absolute Gasteiger partial charge is 0.460 e. The highest BCUT2D eigenvalue weighted by molar-refractivity contribution is 6.30. The lowest BCUT2D eigenvalue weighted by Crippen LogP contribution is -2.34. The first-order valence-corrected chi connectivity index (χ1v) is 5.45. The summed E-state index contributed by atoms with van der Waals surface area (Å²) in [6.45, 7) is 4.04. The van der Waals surface area contributed by atoms with Crippen molar-refractivity contribution in [2.24, 2.45) is 11.1 Å². The van der Waals surface area contributed by atoms with Crippen LogP contribution in [-0.2, 0) is 16.1 Å². The molecule has 0 saturated heterocycles. The maximum atomic E-state index is 11.6. The topological polar surface area (TPSA) is 52.3 Å². The van der Waals surface area contributed by atoms with E-state index >= 15 is 0 Å². The van der Waals surface area contributed by atoms with E-state index in [2.05, 4.69) is 0 Å². The molecule has 16 heavy (non-hydrogen) atoms. The lowest BCUT2D eigenvalue weighted by molar-refractivity contribution is -0.154. The normalized spacial score (nSPS) is 11.2. The summed E-state index contributed by atoms with van der Waals surface area (Å²) in [5.74, 6) is -0.287. The van der Waals surface area contributed by atoms with Crippen LogP contribution in [0.3, 0.4) is 0 Å². The van der Waals surface area contributed by atoms with E-state index in [0.717, 1.165) is 5.56 Å². The van der Waals surface area contributed by atoms with Crippen molar-refractivity contribution < 1.29 is 9.53 Å². The molecule has 0 radical (unpaired) electrons. The zero-order chi connectivity index (χ0) is 12.2. The summed E-state index contributed by atoms with van der Waals surface area (Å²) in [5, 5.41) is 0.664. The molecule has 88 valence electrons. The first-order valence-electron chi connectivity index (χ1n) is 5.07. The van der Waals surface area contributed by atoms with Crippen LogP contribution < -0.4 is 5.73 Å². The van der Waals surface area contributed by atoms with E-state index in [9.17, 15) is 4.79 Å². The molecule has 0 aliphatic heterocycles. The summed E-state index contributed by atoms with van der Waals surface area (Å²) >= 11 is 5.75. The average Bonchev–Trinajstić information content (AvgIpc) is 2.28. The van der Waals surface area contributed by atoms with Gasteiger partial charge in [-0.05, 0) is 31.5 Å². The Balaban J connectivity index is 2.52. The number of rotatable bonds is 4. The quantitative estimate of drug-likeness (QED) is 0.824. The van der Waals surface area contributed by atoms with Crippen molar-refractivity contribution in [2.75, 3.05) is 6.54 Å². The van der Waals surface area contributed by atoms with Crippen molar-refractivity contribution in [1.29, 1.82) is 0 Å². The van der Waals surface area contributed by atoms with E-state index in [1.54, 1.807) is 26.0 Å². The van der Waals surface area contributed by atoms with E-state index in [-0.39, 0.29) is 19.1 Å². The highest BCUT2D eigenvalue weighted by atomic mass is 35.5. The van der Waals surface area contributed by atoms with Gasteiger partial charge in [0.1, 0.15) is 6.61 Å². The molecule has 0 amide bonds. The van der Waals surface area contributed by atoms with Gasteiger partial charge in [-0.15, -0.1) is 0 Å². The Kier molecular flexibility index (Phi) is 4.33. The van der Waals surface area contributed by atoms with Gasteiger partial charge in [0.05, 0.1) is 5.41 Å². The number of carbonyl (C=O) groups excluding carboxylic acids is 1. The summed E-state index contributed by atoms with van der Waals surface area (Å²) in [7, 11) is 0. The Labute approximate surface area is 101 Å². The minimum absolute atomic E-state index is 0.249. The molecule has 1 aromatic rings. The molecule has 4 heteroatoms. The maximum Gasteiger partial charge on any atom is 0.313 e. The lowest BCUT2D eigenvalue weighted by atomic mass is 9.94. The number of hydrogen-bond acceptors (Lipinski definition) is 3. The third-order valence-corrected chi connectivity index (χ3v) is 2.60. The second kappa shape index (κ2) is 5.32. The minimum atomic E-state index is -0.633. The van der Waals surface area contributed by atoms with Gasteiger partial charge in [-0.3, -0.25) is 4.79 Å². The Hall–Kier alpha value is -1.06. The van der Waals surface area contributed by atoms with E-state index in [1.165, 1.54) is 0 Å². The predicted molar refractivity (Wildman–Crippen MR) is 64.1 cm³/mol.